The standard InChI is InChI=1S/C24H27N5OS/c1-15(2)17-9-10-19(25)21(13-17)27-23(30)24-28-20-11-12-29(14-22(20)31-24)16(3)26-18-7-5-4-6-8-18/h4-10,13,15H,11-12,14,25H2,1-3H3,(H,27,30). The van der Waals surface area contributed by atoms with Crippen LogP contribution in [0.5, 0.6) is 0 Å². The van der Waals surface area contributed by atoms with Crippen LogP contribution in [0.2, 0.25) is 0 Å². The van der Waals surface area contributed by atoms with Crippen molar-refractivity contribution in [3.63, 3.8) is 0 Å². The van der Waals surface area contributed by atoms with Gasteiger partial charge >= 0.3 is 0 Å². The first-order valence-corrected chi connectivity index (χ1v) is 11.3. The van der Waals surface area contributed by atoms with Crippen LogP contribution in [0.4, 0.5) is 17.1 Å². The molecule has 0 saturated carbocycles. The Labute approximate surface area is 186 Å². The van der Waals surface area contributed by atoms with Crippen LogP contribution in [0.3, 0.4) is 0 Å². The second-order valence-corrected chi connectivity index (χ2v) is 9.09. The van der Waals surface area contributed by atoms with Crippen molar-refractivity contribution in [1.29, 1.82) is 0 Å². The van der Waals surface area contributed by atoms with Crippen molar-refractivity contribution in [2.45, 2.75) is 39.7 Å². The highest BCUT2D eigenvalue weighted by molar-refractivity contribution is 7.13. The lowest BCUT2D eigenvalue weighted by molar-refractivity contribution is 0.102. The van der Waals surface area contributed by atoms with Crippen molar-refractivity contribution >= 4 is 40.1 Å². The second-order valence-electron chi connectivity index (χ2n) is 8.01. The number of carbonyl (C=O) groups is 1. The molecule has 2 aromatic carbocycles. The zero-order chi connectivity index (χ0) is 22.0. The molecule has 0 unspecified atom stereocenters. The number of rotatable bonds is 4. The normalized spacial score (nSPS) is 13.9. The number of nitrogens with two attached hydrogens (primary N) is 1. The van der Waals surface area contributed by atoms with Gasteiger partial charge in [-0.3, -0.25) is 4.79 Å². The lowest BCUT2D eigenvalue weighted by atomic mass is 10.0. The molecule has 0 bridgehead atoms. The van der Waals surface area contributed by atoms with E-state index in [1.165, 1.54) is 11.3 Å². The number of hydrogen-bond acceptors (Lipinski definition) is 5. The number of thiazole rings is 1. The Morgan fingerprint density at radius 3 is 2.74 bits per heavy atom. The summed E-state index contributed by atoms with van der Waals surface area (Å²) >= 11 is 1.45. The Morgan fingerprint density at radius 1 is 1.23 bits per heavy atom. The molecule has 4 rings (SSSR count). The average molecular weight is 434 g/mol. The molecule has 31 heavy (non-hydrogen) atoms. The van der Waals surface area contributed by atoms with E-state index in [0.29, 0.717) is 28.8 Å². The molecule has 7 heteroatoms. The van der Waals surface area contributed by atoms with Gasteiger partial charge in [-0.2, -0.15) is 0 Å². The highest BCUT2D eigenvalue weighted by Gasteiger charge is 2.24. The van der Waals surface area contributed by atoms with Gasteiger partial charge < -0.3 is 16.0 Å². The van der Waals surface area contributed by atoms with Crippen LogP contribution >= 0.6 is 11.3 Å². The molecule has 3 N–H and O–H groups in total. The largest absolute Gasteiger partial charge is 0.397 e. The molecule has 160 valence electrons. The smallest absolute Gasteiger partial charge is 0.284 e. The summed E-state index contributed by atoms with van der Waals surface area (Å²) in [5.41, 5.74) is 10.3. The van der Waals surface area contributed by atoms with Crippen molar-refractivity contribution in [1.82, 2.24) is 9.88 Å². The molecule has 0 fully saturated rings. The summed E-state index contributed by atoms with van der Waals surface area (Å²) in [6.45, 7) is 7.80. The molecular formula is C24H27N5OS. The van der Waals surface area contributed by atoms with E-state index in [9.17, 15) is 4.79 Å². The van der Waals surface area contributed by atoms with Crippen molar-refractivity contribution < 1.29 is 4.79 Å². The number of nitrogen functional groups attached to an aromatic ring is 1. The van der Waals surface area contributed by atoms with Crippen molar-refractivity contribution in [3.8, 4) is 0 Å². The third-order valence-corrected chi connectivity index (χ3v) is 6.50. The van der Waals surface area contributed by atoms with Crippen molar-refractivity contribution in [2.75, 3.05) is 17.6 Å². The molecule has 2 heterocycles. The number of hydrogen-bond donors (Lipinski definition) is 2. The van der Waals surface area contributed by atoms with E-state index in [4.69, 9.17) is 10.7 Å². The monoisotopic (exact) mass is 433 g/mol. The number of fused-ring (bicyclic) bond motifs is 1. The molecule has 0 aliphatic carbocycles. The zero-order valence-electron chi connectivity index (χ0n) is 18.1. The Morgan fingerprint density at radius 2 is 2.00 bits per heavy atom. The lowest BCUT2D eigenvalue weighted by Crippen LogP contribution is -2.33. The molecule has 1 aliphatic rings. The zero-order valence-corrected chi connectivity index (χ0v) is 18.9. The number of benzene rings is 2. The second kappa shape index (κ2) is 8.89. The molecule has 0 radical (unpaired) electrons. The van der Waals surface area contributed by atoms with Gasteiger partial charge in [0, 0.05) is 17.8 Å². The number of nitrogens with zero attached hydrogens (tertiary/aromatic N) is 3. The van der Waals surface area contributed by atoms with E-state index in [2.05, 4.69) is 29.0 Å². The molecule has 1 aromatic heterocycles. The fourth-order valence-corrected chi connectivity index (χ4v) is 4.56. The van der Waals surface area contributed by atoms with Crippen LogP contribution in [-0.4, -0.2) is 28.2 Å². The van der Waals surface area contributed by atoms with E-state index in [1.807, 2.05) is 55.5 Å². The highest BCUT2D eigenvalue weighted by Crippen LogP contribution is 2.29. The first-order chi connectivity index (χ1) is 14.9. The fourth-order valence-electron chi connectivity index (χ4n) is 3.55. The van der Waals surface area contributed by atoms with Crippen LogP contribution in [-0.2, 0) is 13.0 Å². The minimum Gasteiger partial charge on any atom is -0.397 e. The van der Waals surface area contributed by atoms with E-state index in [1.54, 1.807) is 0 Å². The Hall–Kier alpha value is -3.19. The quantitative estimate of drug-likeness (QED) is 0.336. The minimum atomic E-state index is -0.215. The number of nitrogens with one attached hydrogen (secondary N) is 1. The number of aromatic nitrogens is 1. The van der Waals surface area contributed by atoms with Crippen LogP contribution in [0.1, 0.15) is 52.6 Å². The highest BCUT2D eigenvalue weighted by atomic mass is 32.1. The summed E-state index contributed by atoms with van der Waals surface area (Å²) in [4.78, 5) is 25.5. The summed E-state index contributed by atoms with van der Waals surface area (Å²) < 4.78 is 0. The SMILES string of the molecule is CC(=Nc1ccccc1)N1CCc2nc(C(=O)Nc3cc(C(C)C)ccc3N)sc2C1. The van der Waals surface area contributed by atoms with Gasteiger partial charge in [0.25, 0.3) is 5.91 Å². The van der Waals surface area contributed by atoms with E-state index >= 15 is 0 Å². The predicted molar refractivity (Wildman–Crippen MR) is 128 cm³/mol. The summed E-state index contributed by atoms with van der Waals surface area (Å²) in [5.74, 6) is 1.11. The maximum Gasteiger partial charge on any atom is 0.284 e. The number of anilines is 2. The summed E-state index contributed by atoms with van der Waals surface area (Å²) in [5, 5.41) is 3.42. The lowest BCUT2D eigenvalue weighted by Gasteiger charge is -2.27. The van der Waals surface area contributed by atoms with Crippen molar-refractivity contribution in [2.24, 2.45) is 4.99 Å². The van der Waals surface area contributed by atoms with E-state index < -0.39 is 0 Å². The summed E-state index contributed by atoms with van der Waals surface area (Å²) in [6.07, 6.45) is 0.797. The van der Waals surface area contributed by atoms with Gasteiger partial charge in [-0.05, 0) is 42.7 Å². The van der Waals surface area contributed by atoms with Gasteiger partial charge in [0.1, 0.15) is 5.84 Å². The Bertz CT molecular complexity index is 1120. The average Bonchev–Trinajstić information content (AvgIpc) is 3.19. The van der Waals surface area contributed by atoms with Gasteiger partial charge in [-0.1, -0.05) is 38.1 Å². The maximum absolute atomic E-state index is 12.9. The van der Waals surface area contributed by atoms with Crippen LogP contribution in [0.15, 0.2) is 53.5 Å². The third-order valence-electron chi connectivity index (χ3n) is 5.42. The number of amidine groups is 1. The Kier molecular flexibility index (Phi) is 6.04. The molecule has 0 spiro atoms. The van der Waals surface area contributed by atoms with Crippen molar-refractivity contribution in [3.05, 3.63) is 69.7 Å². The molecule has 0 atom stereocenters. The first-order valence-electron chi connectivity index (χ1n) is 10.5. The molecule has 1 amide bonds. The Balaban J connectivity index is 1.49. The van der Waals surface area contributed by atoms with Gasteiger partial charge in [0.15, 0.2) is 5.01 Å². The molecule has 0 saturated heterocycles. The molecule has 3 aromatic rings. The fraction of sp³-hybridized carbons (Fsp3) is 0.292. The van der Waals surface area contributed by atoms with Gasteiger partial charge in [-0.25, -0.2) is 9.98 Å². The number of carbonyl (C=O) groups excluding carboxylic acids is 1. The van der Waals surface area contributed by atoms with E-state index in [0.717, 1.165) is 40.6 Å². The van der Waals surface area contributed by atoms with Crippen LogP contribution < -0.4 is 11.1 Å². The topological polar surface area (TPSA) is 83.6 Å². The molecule has 1 aliphatic heterocycles. The van der Waals surface area contributed by atoms with E-state index in [-0.39, 0.29) is 5.91 Å². The van der Waals surface area contributed by atoms with Gasteiger partial charge in [-0.15, -0.1) is 11.3 Å². The third kappa shape index (κ3) is 4.77. The van der Waals surface area contributed by atoms with Crippen LogP contribution in [0, 0.1) is 0 Å². The summed E-state index contributed by atoms with van der Waals surface area (Å²) in [6, 6.07) is 15.7. The molecule has 6 nitrogen and oxygen atoms in total. The number of aliphatic imine (C=N–C) groups is 1. The predicted octanol–water partition coefficient (Wildman–Crippen LogP) is 5.21. The number of amides is 1. The van der Waals surface area contributed by atoms with Gasteiger partial charge in [0.05, 0.1) is 29.3 Å². The van der Waals surface area contributed by atoms with Crippen LogP contribution in [0.25, 0.3) is 0 Å². The van der Waals surface area contributed by atoms with Gasteiger partial charge in [0.2, 0.25) is 0 Å². The number of para-hydroxylation sites is 1. The molecular weight excluding hydrogens is 406 g/mol. The first kappa shape index (κ1) is 21.1. The minimum absolute atomic E-state index is 0.215. The maximum atomic E-state index is 12.9. The summed E-state index contributed by atoms with van der Waals surface area (Å²) in [7, 11) is 0.